The van der Waals surface area contributed by atoms with Crippen LogP contribution in [0.15, 0.2) is 158 Å². The Bertz CT molecular complexity index is 2350. The maximum atomic E-state index is 12.7. The Hall–Kier alpha value is -4.42. The van der Waals surface area contributed by atoms with Crippen molar-refractivity contribution in [3.8, 4) is 33.4 Å². The molecule has 1 aliphatic carbocycles. The fraction of sp³-hybridized carbons (Fsp3) is 0.176. The quantitative estimate of drug-likeness (QED) is 0.120. The molecule has 0 amide bonds. The average Bonchev–Trinajstić information content (AvgIpc) is 3.86. The summed E-state index contributed by atoms with van der Waals surface area (Å²) < 4.78 is 76.7. The van der Waals surface area contributed by atoms with E-state index in [1.807, 2.05) is 0 Å². The van der Waals surface area contributed by atoms with Gasteiger partial charge in [0.25, 0.3) is 0 Å². The smallest absolute Gasteiger partial charge is 0.0181 e. The van der Waals surface area contributed by atoms with Gasteiger partial charge in [-0.05, 0) is 23.1 Å². The second-order valence-corrected chi connectivity index (χ2v) is 16.4. The number of benzene rings is 6. The summed E-state index contributed by atoms with van der Waals surface area (Å²) >= 11 is 0.729. The third-order valence-electron chi connectivity index (χ3n) is 10.0. The molecule has 0 fully saturated rings. The van der Waals surface area contributed by atoms with E-state index in [0.29, 0.717) is 8.62 Å². The first-order chi connectivity index (χ1) is 27.5. The molecule has 7 aromatic carbocycles. The van der Waals surface area contributed by atoms with Gasteiger partial charge in [-0.15, -0.1) is 29.3 Å². The van der Waals surface area contributed by atoms with E-state index in [1.54, 1.807) is 0 Å². The minimum atomic E-state index is -4.49. The Morgan fingerprint density at radius 3 is 1.60 bits per heavy atom. The minimum Gasteiger partial charge on any atom is -1.00 e. The molecule has 9 heteroatoms. The molecule has 0 spiro atoms. The van der Waals surface area contributed by atoms with E-state index in [2.05, 4.69) is 143 Å². The zero-order chi connectivity index (χ0) is 41.7. The molecule has 0 radical (unpaired) electrons. The number of hydrogen-bond acceptors (Lipinski definition) is 0. The van der Waals surface area contributed by atoms with Crippen LogP contribution in [-0.4, -0.2) is 3.21 Å². The van der Waals surface area contributed by atoms with Crippen LogP contribution in [0.2, 0.25) is 0 Å². The molecular weight excluding hydrogens is 889 g/mol. The monoisotopic (exact) mass is 928 g/mol. The van der Waals surface area contributed by atoms with Crippen LogP contribution in [0, 0.1) is 6.07 Å². The van der Waals surface area contributed by atoms with Crippen LogP contribution in [0.3, 0.4) is 0 Å². The topological polar surface area (TPSA) is 0 Å². The Morgan fingerprint density at radius 2 is 1.12 bits per heavy atom. The predicted molar refractivity (Wildman–Crippen MR) is 221 cm³/mol. The van der Waals surface area contributed by atoms with E-state index in [0.717, 1.165) is 61.3 Å². The number of aryl methyl sites for hydroxylation is 1. The Kier molecular flexibility index (Phi) is 16.4. The van der Waals surface area contributed by atoms with Crippen LogP contribution >= 0.6 is 0 Å². The summed E-state index contributed by atoms with van der Waals surface area (Å²) in [5.74, 6) is 0. The zero-order valence-electron chi connectivity index (χ0n) is 33.4. The van der Waals surface area contributed by atoms with Crippen molar-refractivity contribution in [1.29, 1.82) is 0 Å². The molecule has 0 aliphatic heterocycles. The average molecular weight is 931 g/mol. The van der Waals surface area contributed by atoms with Crippen LogP contribution < -0.4 is 24.8 Å². The molecule has 308 valence electrons. The van der Waals surface area contributed by atoms with Gasteiger partial charge in [0.15, 0.2) is 0 Å². The minimum absolute atomic E-state index is 0. The van der Waals surface area contributed by atoms with Crippen molar-refractivity contribution in [2.24, 2.45) is 0 Å². The molecule has 0 saturated heterocycles. The van der Waals surface area contributed by atoms with E-state index in [1.165, 1.54) is 79.9 Å². The SMILES string of the molecule is CCc1cc(C(C)(C)C)c[cH-]1.FC(F)(F)c1cccc([C](=[Zr+2])c2cccc(C(F)(F)F)c2)c1.[Cl-].[Cl-].[c-]1c(-c2ccccc2)ccc2c1Cc1cc(-c3ccccc3)ccc1-2. The van der Waals surface area contributed by atoms with Crippen LogP contribution in [0.25, 0.3) is 33.4 Å². The first-order valence-corrected chi connectivity index (χ1v) is 20.2. The standard InChI is InChI=1S/C25H17.C15H8F6.C11H17.2ClH.Zr/c1-3-7-18(8-4-1)20-11-13-24-22(15-20)17-23-16-21(12-14-25(23)24)19-9-5-2-6-10-19;16-14(17,18)12-5-1-3-10(8-12)7-11-4-2-6-13(9-11)15(19,20)21;1-5-9-6-7-10(8-9)11(2,3)4;;;/h1-15H,17H2;1-6,8-9H;6-8H,5H2,1-4H3;2*1H;/q-1;;-1;;;+2/p-2. The zero-order valence-corrected chi connectivity index (χ0v) is 37.4. The largest absolute Gasteiger partial charge is 1.00 e. The van der Waals surface area contributed by atoms with Gasteiger partial charge in [0.05, 0.1) is 0 Å². The summed E-state index contributed by atoms with van der Waals surface area (Å²) in [4.78, 5) is 0. The predicted octanol–water partition coefficient (Wildman–Crippen LogP) is 8.51. The molecule has 1 aliphatic rings. The summed E-state index contributed by atoms with van der Waals surface area (Å²) in [6.07, 6.45) is -6.86. The van der Waals surface area contributed by atoms with Crippen molar-refractivity contribution in [2.45, 2.75) is 58.3 Å². The summed E-state index contributed by atoms with van der Waals surface area (Å²) in [6.45, 7) is 8.95. The van der Waals surface area contributed by atoms with Gasteiger partial charge in [-0.25, -0.2) is 6.07 Å². The van der Waals surface area contributed by atoms with Crippen LogP contribution in [0.4, 0.5) is 26.3 Å². The van der Waals surface area contributed by atoms with Crippen LogP contribution in [0.5, 0.6) is 0 Å². The molecule has 60 heavy (non-hydrogen) atoms. The number of rotatable bonds is 5. The number of hydrogen-bond donors (Lipinski definition) is 0. The van der Waals surface area contributed by atoms with Crippen molar-refractivity contribution >= 4 is 3.21 Å². The van der Waals surface area contributed by atoms with Gasteiger partial charge in [-0.3, -0.25) is 0 Å². The summed E-state index contributed by atoms with van der Waals surface area (Å²) in [6, 6.07) is 51.9. The summed E-state index contributed by atoms with van der Waals surface area (Å²) in [5.41, 5.74) is 12.5. The second-order valence-electron chi connectivity index (χ2n) is 15.2. The van der Waals surface area contributed by atoms with Crippen molar-refractivity contribution in [3.05, 3.63) is 208 Å². The van der Waals surface area contributed by atoms with Crippen molar-refractivity contribution in [2.75, 3.05) is 0 Å². The first kappa shape index (κ1) is 48.3. The molecule has 0 heterocycles. The molecule has 0 nitrogen and oxygen atoms in total. The van der Waals surface area contributed by atoms with E-state index in [4.69, 9.17) is 0 Å². The van der Waals surface area contributed by atoms with Gasteiger partial charge < -0.3 is 24.8 Å². The molecule has 0 saturated carbocycles. The molecule has 8 rings (SSSR count). The van der Waals surface area contributed by atoms with Gasteiger partial charge >= 0.3 is 137 Å². The fourth-order valence-corrected chi connectivity index (χ4v) is 7.53. The number of alkyl halides is 6. The van der Waals surface area contributed by atoms with Gasteiger partial charge in [-0.1, -0.05) is 135 Å². The van der Waals surface area contributed by atoms with E-state index in [9.17, 15) is 26.3 Å². The number of fused-ring (bicyclic) bond motifs is 3. The molecule has 0 aromatic heterocycles. The fourth-order valence-electron chi connectivity index (χ4n) is 6.77. The Labute approximate surface area is 376 Å². The molecule has 0 N–H and O–H groups in total. The van der Waals surface area contributed by atoms with Crippen LogP contribution in [-0.2, 0) is 54.8 Å². The van der Waals surface area contributed by atoms with Crippen LogP contribution in [0.1, 0.15) is 72.2 Å². The Balaban J connectivity index is 0.000000209. The second kappa shape index (κ2) is 20.4. The van der Waals surface area contributed by atoms with Gasteiger partial charge in [0.2, 0.25) is 0 Å². The molecule has 7 aromatic rings. The first-order valence-electron chi connectivity index (χ1n) is 19.0. The van der Waals surface area contributed by atoms with Crippen molar-refractivity contribution in [1.82, 2.24) is 0 Å². The normalized spacial score (nSPS) is 11.7. The van der Waals surface area contributed by atoms with Crippen molar-refractivity contribution < 1.29 is 75.4 Å². The summed E-state index contributed by atoms with van der Waals surface area (Å²) in [5, 5.41) is 0. The van der Waals surface area contributed by atoms with Crippen molar-refractivity contribution in [3.63, 3.8) is 0 Å². The molecule has 0 atom stereocenters. The Morgan fingerprint density at radius 1 is 0.583 bits per heavy atom. The van der Waals surface area contributed by atoms with Gasteiger partial charge in [0.1, 0.15) is 0 Å². The molecule has 0 bridgehead atoms. The maximum absolute atomic E-state index is 12.7. The molecule has 0 unspecified atom stereocenters. The van der Waals surface area contributed by atoms with E-state index < -0.39 is 23.5 Å². The third kappa shape index (κ3) is 12.1. The maximum Gasteiger partial charge on any atom is -0.0181 e. The third-order valence-corrected chi connectivity index (χ3v) is 11.5. The van der Waals surface area contributed by atoms with E-state index in [-0.39, 0.29) is 35.9 Å². The number of halogens is 8. The van der Waals surface area contributed by atoms with Gasteiger partial charge in [-0.2, -0.15) is 23.3 Å². The van der Waals surface area contributed by atoms with Gasteiger partial charge in [0, 0.05) is 0 Å². The summed E-state index contributed by atoms with van der Waals surface area (Å²) in [7, 11) is 0. The van der Waals surface area contributed by atoms with E-state index >= 15 is 0 Å². The molecular formula is C51H42Cl2F6Zr-2.